The van der Waals surface area contributed by atoms with E-state index in [1.54, 1.807) is 0 Å². The van der Waals surface area contributed by atoms with Crippen molar-refractivity contribution in [3.8, 4) is 11.1 Å². The van der Waals surface area contributed by atoms with Crippen LogP contribution in [-0.4, -0.2) is 18.2 Å². The molecule has 1 aliphatic rings. The number of benzene rings is 2. The molecule has 3 rings (SSSR count). The predicted octanol–water partition coefficient (Wildman–Crippen LogP) is 5.66. The van der Waals surface area contributed by atoms with Gasteiger partial charge in [0.25, 0.3) is 0 Å². The van der Waals surface area contributed by atoms with Gasteiger partial charge in [0.1, 0.15) is 6.61 Å². The summed E-state index contributed by atoms with van der Waals surface area (Å²) in [4.78, 5) is 12.3. The molecule has 0 radical (unpaired) electrons. The quantitative estimate of drug-likeness (QED) is 0.517. The van der Waals surface area contributed by atoms with Crippen LogP contribution in [0.2, 0.25) is 0 Å². The summed E-state index contributed by atoms with van der Waals surface area (Å²) < 4.78 is 5.61. The molecule has 1 amide bonds. The number of alkyl carbamates (subject to hydrolysis) is 1. The number of hydrogen-bond acceptors (Lipinski definition) is 2. The topological polar surface area (TPSA) is 38.3 Å². The molecular formula is C23H27NO2. The molecule has 1 aliphatic carbocycles. The maximum Gasteiger partial charge on any atom is 0.407 e. The van der Waals surface area contributed by atoms with Crippen molar-refractivity contribution in [2.24, 2.45) is 0 Å². The van der Waals surface area contributed by atoms with Crippen LogP contribution in [0.3, 0.4) is 0 Å². The molecule has 0 saturated heterocycles. The molecule has 2 aromatic rings. The molecule has 0 atom stereocenters. The molecule has 0 aliphatic heterocycles. The Morgan fingerprint density at radius 1 is 1.12 bits per heavy atom. The monoisotopic (exact) mass is 349 g/mol. The molecule has 136 valence electrons. The van der Waals surface area contributed by atoms with E-state index in [0.29, 0.717) is 6.61 Å². The van der Waals surface area contributed by atoms with E-state index in [1.807, 2.05) is 32.1 Å². The summed E-state index contributed by atoms with van der Waals surface area (Å²) in [6.45, 7) is 8.14. The van der Waals surface area contributed by atoms with Crippen LogP contribution >= 0.6 is 0 Å². The first-order valence-electron chi connectivity index (χ1n) is 9.26. The highest BCUT2D eigenvalue weighted by molar-refractivity contribution is 5.79. The number of carbonyl (C=O) groups is 1. The van der Waals surface area contributed by atoms with E-state index >= 15 is 0 Å². The van der Waals surface area contributed by atoms with Crippen LogP contribution in [0.1, 0.15) is 50.2 Å². The van der Waals surface area contributed by atoms with Gasteiger partial charge in [0, 0.05) is 11.5 Å². The fourth-order valence-corrected chi connectivity index (χ4v) is 3.66. The summed E-state index contributed by atoms with van der Waals surface area (Å²) in [6.07, 6.45) is 4.40. The summed E-state index contributed by atoms with van der Waals surface area (Å²) in [5.41, 5.74) is 4.65. The molecule has 0 heterocycles. The second kappa shape index (κ2) is 7.77. The van der Waals surface area contributed by atoms with Crippen LogP contribution in [0.5, 0.6) is 0 Å². The average Bonchev–Trinajstić information content (AvgIpc) is 2.94. The average molecular weight is 349 g/mol. The maximum absolute atomic E-state index is 12.3. The molecular weight excluding hydrogens is 322 g/mol. The lowest BCUT2D eigenvalue weighted by atomic mass is 9.97. The standard InChI is InChI=1S/C23H27NO2/c1-4-5-10-15-23(2,3)24-22(25)26-16-21-19-13-8-6-11-17(19)18-12-7-9-14-20(18)21/h4,6-9,11-14,21H,1,5,10,15-16H2,2-3H3,(H,24,25). The Balaban J connectivity index is 1.65. The van der Waals surface area contributed by atoms with Crippen LogP contribution in [0.15, 0.2) is 61.2 Å². The Morgan fingerprint density at radius 3 is 2.27 bits per heavy atom. The van der Waals surface area contributed by atoms with Gasteiger partial charge in [-0.2, -0.15) is 0 Å². The minimum atomic E-state index is -0.351. The second-order valence-corrected chi connectivity index (χ2v) is 7.52. The smallest absolute Gasteiger partial charge is 0.407 e. The third kappa shape index (κ3) is 3.98. The van der Waals surface area contributed by atoms with E-state index < -0.39 is 0 Å². The zero-order valence-electron chi connectivity index (χ0n) is 15.6. The number of allylic oxidation sites excluding steroid dienone is 1. The summed E-state index contributed by atoms with van der Waals surface area (Å²) in [5, 5.41) is 2.99. The van der Waals surface area contributed by atoms with E-state index in [0.717, 1.165) is 19.3 Å². The van der Waals surface area contributed by atoms with Gasteiger partial charge in [0.05, 0.1) is 0 Å². The van der Waals surface area contributed by atoms with Crippen LogP contribution in [0.25, 0.3) is 11.1 Å². The molecule has 26 heavy (non-hydrogen) atoms. The third-order valence-electron chi connectivity index (χ3n) is 4.99. The summed E-state index contributed by atoms with van der Waals surface area (Å²) in [7, 11) is 0. The molecule has 0 bridgehead atoms. The summed E-state index contributed by atoms with van der Waals surface area (Å²) in [6, 6.07) is 16.7. The van der Waals surface area contributed by atoms with E-state index in [1.165, 1.54) is 22.3 Å². The molecule has 0 saturated carbocycles. The first-order chi connectivity index (χ1) is 12.5. The highest BCUT2D eigenvalue weighted by Gasteiger charge is 2.29. The summed E-state index contributed by atoms with van der Waals surface area (Å²) in [5.74, 6) is 0.0945. The van der Waals surface area contributed by atoms with Crippen molar-refractivity contribution < 1.29 is 9.53 Å². The molecule has 0 unspecified atom stereocenters. The van der Waals surface area contributed by atoms with Gasteiger partial charge in [-0.3, -0.25) is 0 Å². The molecule has 0 aromatic heterocycles. The van der Waals surface area contributed by atoms with E-state index in [9.17, 15) is 4.79 Å². The van der Waals surface area contributed by atoms with Gasteiger partial charge in [-0.15, -0.1) is 6.58 Å². The maximum atomic E-state index is 12.3. The Morgan fingerprint density at radius 2 is 1.69 bits per heavy atom. The number of hydrogen-bond donors (Lipinski definition) is 1. The minimum Gasteiger partial charge on any atom is -0.449 e. The fraction of sp³-hybridized carbons (Fsp3) is 0.348. The number of fused-ring (bicyclic) bond motifs is 3. The molecule has 3 nitrogen and oxygen atoms in total. The highest BCUT2D eigenvalue weighted by Crippen LogP contribution is 2.44. The number of nitrogens with one attached hydrogen (secondary N) is 1. The van der Waals surface area contributed by atoms with Gasteiger partial charge in [-0.25, -0.2) is 4.79 Å². The van der Waals surface area contributed by atoms with E-state index in [4.69, 9.17) is 4.74 Å². The fourth-order valence-electron chi connectivity index (χ4n) is 3.66. The zero-order valence-corrected chi connectivity index (χ0v) is 15.6. The Bertz CT molecular complexity index is 749. The number of unbranched alkanes of at least 4 members (excludes halogenated alkanes) is 1. The van der Waals surface area contributed by atoms with Crippen molar-refractivity contribution in [2.75, 3.05) is 6.61 Å². The van der Waals surface area contributed by atoms with Crippen molar-refractivity contribution in [1.82, 2.24) is 5.32 Å². The number of carbonyl (C=O) groups excluding carboxylic acids is 1. The van der Waals surface area contributed by atoms with Gasteiger partial charge >= 0.3 is 6.09 Å². The molecule has 0 fully saturated rings. The molecule has 3 heteroatoms. The molecule has 0 spiro atoms. The van der Waals surface area contributed by atoms with Gasteiger partial charge in [-0.1, -0.05) is 54.6 Å². The number of amides is 1. The van der Waals surface area contributed by atoms with Crippen molar-refractivity contribution >= 4 is 6.09 Å². The first kappa shape index (κ1) is 18.2. The van der Waals surface area contributed by atoms with Crippen molar-refractivity contribution in [3.05, 3.63) is 72.3 Å². The van der Waals surface area contributed by atoms with Crippen LogP contribution in [0.4, 0.5) is 4.79 Å². The SMILES string of the molecule is C=CCCCC(C)(C)NC(=O)OCC1c2ccccc2-c2ccccc21. The van der Waals surface area contributed by atoms with Crippen LogP contribution in [-0.2, 0) is 4.74 Å². The van der Waals surface area contributed by atoms with Gasteiger partial charge < -0.3 is 10.1 Å². The van der Waals surface area contributed by atoms with Gasteiger partial charge in [0.2, 0.25) is 0 Å². The largest absolute Gasteiger partial charge is 0.449 e. The third-order valence-corrected chi connectivity index (χ3v) is 4.99. The molecule has 2 aromatic carbocycles. The Labute approximate surface area is 156 Å². The number of rotatable bonds is 7. The second-order valence-electron chi connectivity index (χ2n) is 7.52. The van der Waals surface area contributed by atoms with Crippen molar-refractivity contribution in [2.45, 2.75) is 44.6 Å². The van der Waals surface area contributed by atoms with Gasteiger partial charge in [0.15, 0.2) is 0 Å². The van der Waals surface area contributed by atoms with E-state index in [2.05, 4.69) is 48.3 Å². The highest BCUT2D eigenvalue weighted by atomic mass is 16.5. The first-order valence-corrected chi connectivity index (χ1v) is 9.26. The van der Waals surface area contributed by atoms with Crippen molar-refractivity contribution in [3.63, 3.8) is 0 Å². The van der Waals surface area contributed by atoms with Gasteiger partial charge in [-0.05, 0) is 55.4 Å². The zero-order chi connectivity index (χ0) is 18.6. The van der Waals surface area contributed by atoms with Crippen LogP contribution < -0.4 is 5.32 Å². The Hall–Kier alpha value is -2.55. The predicted molar refractivity (Wildman–Crippen MR) is 106 cm³/mol. The lowest BCUT2D eigenvalue weighted by Gasteiger charge is -2.26. The lowest BCUT2D eigenvalue weighted by molar-refractivity contribution is 0.131. The van der Waals surface area contributed by atoms with Crippen molar-refractivity contribution in [1.29, 1.82) is 0 Å². The molecule has 1 N–H and O–H groups in total. The minimum absolute atomic E-state index is 0.0945. The number of ether oxygens (including phenoxy) is 1. The normalized spacial score (nSPS) is 13.0. The summed E-state index contributed by atoms with van der Waals surface area (Å²) >= 11 is 0. The Kier molecular flexibility index (Phi) is 5.46. The lowest BCUT2D eigenvalue weighted by Crippen LogP contribution is -2.43. The van der Waals surface area contributed by atoms with Crippen LogP contribution in [0, 0.1) is 0 Å². The van der Waals surface area contributed by atoms with E-state index in [-0.39, 0.29) is 17.6 Å².